The number of nitrogens with two attached hydrogens (primary N) is 1. The molecule has 0 aromatic carbocycles. The molecule has 0 saturated carbocycles. The van der Waals surface area contributed by atoms with E-state index >= 15 is 0 Å². The Kier molecular flexibility index (Phi) is 2.37. The van der Waals surface area contributed by atoms with E-state index in [0.29, 0.717) is 5.41 Å². The second kappa shape index (κ2) is 3.43. The fourth-order valence-corrected chi connectivity index (χ4v) is 2.26. The Morgan fingerprint density at radius 1 is 1.47 bits per heavy atom. The Labute approximate surface area is 90.8 Å². The lowest BCUT2D eigenvalue weighted by molar-refractivity contribution is 0.214. The van der Waals surface area contributed by atoms with Crippen LogP contribution in [0.3, 0.4) is 0 Å². The van der Waals surface area contributed by atoms with E-state index in [9.17, 15) is 0 Å². The molecule has 0 saturated heterocycles. The Balaban J connectivity index is 2.34. The standard InChI is InChI=1S/C11H20N4/c1-4-11(5-2)6-13-10-9(12)8(3)14-15(10)7-11/h13H,4-7,12H2,1-3H3. The molecule has 3 N–H and O–H groups in total. The summed E-state index contributed by atoms with van der Waals surface area (Å²) in [4.78, 5) is 0. The molecule has 0 atom stereocenters. The number of nitrogens with one attached hydrogen (secondary N) is 1. The maximum absolute atomic E-state index is 5.95. The highest BCUT2D eigenvalue weighted by Gasteiger charge is 2.33. The van der Waals surface area contributed by atoms with Crippen LogP contribution in [0.4, 0.5) is 11.5 Å². The predicted molar refractivity (Wildman–Crippen MR) is 62.9 cm³/mol. The van der Waals surface area contributed by atoms with E-state index in [0.717, 1.165) is 30.3 Å². The summed E-state index contributed by atoms with van der Waals surface area (Å²) >= 11 is 0. The van der Waals surface area contributed by atoms with E-state index in [1.54, 1.807) is 0 Å². The normalized spacial score (nSPS) is 18.3. The summed E-state index contributed by atoms with van der Waals surface area (Å²) in [5, 5.41) is 7.89. The minimum Gasteiger partial charge on any atom is -0.394 e. The van der Waals surface area contributed by atoms with E-state index in [-0.39, 0.29) is 0 Å². The average molecular weight is 208 g/mol. The first-order valence-corrected chi connectivity index (χ1v) is 5.68. The summed E-state index contributed by atoms with van der Waals surface area (Å²) in [7, 11) is 0. The van der Waals surface area contributed by atoms with Gasteiger partial charge in [0.25, 0.3) is 0 Å². The van der Waals surface area contributed by atoms with Gasteiger partial charge in [-0.2, -0.15) is 5.10 Å². The summed E-state index contributed by atoms with van der Waals surface area (Å²) in [6.45, 7) is 8.45. The maximum atomic E-state index is 5.95. The number of aromatic nitrogens is 2. The molecular weight excluding hydrogens is 188 g/mol. The van der Waals surface area contributed by atoms with Gasteiger partial charge in [0, 0.05) is 12.0 Å². The molecule has 4 nitrogen and oxygen atoms in total. The van der Waals surface area contributed by atoms with Crippen LogP contribution >= 0.6 is 0 Å². The van der Waals surface area contributed by atoms with Crippen molar-refractivity contribution in [2.75, 3.05) is 17.6 Å². The lowest BCUT2D eigenvalue weighted by Crippen LogP contribution is -2.38. The predicted octanol–water partition coefficient (Wildman–Crippen LogP) is 2.01. The Hall–Kier alpha value is -1.19. The number of nitrogens with zero attached hydrogens (tertiary/aromatic N) is 2. The summed E-state index contributed by atoms with van der Waals surface area (Å²) in [6, 6.07) is 0. The molecule has 2 rings (SSSR count). The van der Waals surface area contributed by atoms with Crippen LogP contribution in [0.2, 0.25) is 0 Å². The van der Waals surface area contributed by atoms with Crippen LogP contribution in [0, 0.1) is 12.3 Å². The van der Waals surface area contributed by atoms with Gasteiger partial charge in [0.15, 0.2) is 0 Å². The molecule has 0 fully saturated rings. The first-order valence-electron chi connectivity index (χ1n) is 5.68. The number of anilines is 2. The quantitative estimate of drug-likeness (QED) is 0.781. The first-order chi connectivity index (χ1) is 7.12. The molecule has 4 heteroatoms. The molecule has 15 heavy (non-hydrogen) atoms. The number of fused-ring (bicyclic) bond motifs is 1. The van der Waals surface area contributed by atoms with Crippen molar-refractivity contribution in [3.63, 3.8) is 0 Å². The largest absolute Gasteiger partial charge is 0.394 e. The van der Waals surface area contributed by atoms with Crippen molar-refractivity contribution < 1.29 is 0 Å². The van der Waals surface area contributed by atoms with E-state index in [1.165, 1.54) is 12.8 Å². The summed E-state index contributed by atoms with van der Waals surface area (Å²) < 4.78 is 2.03. The van der Waals surface area contributed by atoms with Crippen LogP contribution in [0.25, 0.3) is 0 Å². The topological polar surface area (TPSA) is 55.9 Å². The third-order valence-electron chi connectivity index (χ3n) is 3.79. The van der Waals surface area contributed by atoms with Crippen LogP contribution in [-0.2, 0) is 6.54 Å². The molecule has 2 heterocycles. The van der Waals surface area contributed by atoms with Crippen molar-refractivity contribution >= 4 is 11.5 Å². The SMILES string of the molecule is CCC1(CC)CNc2c(N)c(C)nn2C1. The van der Waals surface area contributed by atoms with Crippen molar-refractivity contribution in [2.45, 2.75) is 40.2 Å². The lowest BCUT2D eigenvalue weighted by Gasteiger charge is -2.36. The Morgan fingerprint density at radius 3 is 2.73 bits per heavy atom. The molecule has 0 aliphatic carbocycles. The molecule has 0 unspecified atom stereocenters. The van der Waals surface area contributed by atoms with Crippen molar-refractivity contribution in [1.29, 1.82) is 0 Å². The average Bonchev–Trinajstić information content (AvgIpc) is 2.54. The third kappa shape index (κ3) is 1.48. The molecule has 0 bridgehead atoms. The van der Waals surface area contributed by atoms with Gasteiger partial charge in [-0.1, -0.05) is 13.8 Å². The van der Waals surface area contributed by atoms with Gasteiger partial charge in [-0.25, -0.2) is 4.68 Å². The summed E-state index contributed by atoms with van der Waals surface area (Å²) in [6.07, 6.45) is 2.35. The minimum atomic E-state index is 0.345. The van der Waals surface area contributed by atoms with Gasteiger partial charge in [0.2, 0.25) is 0 Å². The van der Waals surface area contributed by atoms with Crippen molar-refractivity contribution in [1.82, 2.24) is 9.78 Å². The van der Waals surface area contributed by atoms with Gasteiger partial charge in [-0.3, -0.25) is 0 Å². The van der Waals surface area contributed by atoms with E-state index in [4.69, 9.17) is 5.73 Å². The molecular formula is C11H20N4. The molecule has 84 valence electrons. The van der Waals surface area contributed by atoms with Crippen molar-refractivity contribution in [3.05, 3.63) is 5.69 Å². The van der Waals surface area contributed by atoms with Crippen LogP contribution in [0.1, 0.15) is 32.4 Å². The van der Waals surface area contributed by atoms with Gasteiger partial charge < -0.3 is 11.1 Å². The van der Waals surface area contributed by atoms with Crippen LogP contribution < -0.4 is 11.1 Å². The van der Waals surface area contributed by atoms with Crippen LogP contribution in [0.5, 0.6) is 0 Å². The lowest BCUT2D eigenvalue weighted by atomic mass is 9.81. The molecule has 1 aromatic heterocycles. The van der Waals surface area contributed by atoms with Gasteiger partial charge >= 0.3 is 0 Å². The van der Waals surface area contributed by atoms with Gasteiger partial charge in [0.1, 0.15) is 5.82 Å². The smallest absolute Gasteiger partial charge is 0.148 e. The van der Waals surface area contributed by atoms with E-state index < -0.39 is 0 Å². The number of hydrogen-bond acceptors (Lipinski definition) is 3. The first kappa shape index (κ1) is 10.3. The van der Waals surface area contributed by atoms with Crippen molar-refractivity contribution in [2.24, 2.45) is 5.41 Å². The summed E-state index contributed by atoms with van der Waals surface area (Å²) in [5.74, 6) is 1.00. The van der Waals surface area contributed by atoms with E-state index in [2.05, 4.69) is 24.3 Å². The second-order valence-electron chi connectivity index (χ2n) is 4.57. The summed E-state index contributed by atoms with van der Waals surface area (Å²) in [5.41, 5.74) is 8.03. The zero-order chi connectivity index (χ0) is 11.1. The molecule has 1 aromatic rings. The fourth-order valence-electron chi connectivity index (χ4n) is 2.26. The monoisotopic (exact) mass is 208 g/mol. The Bertz CT molecular complexity index is 363. The van der Waals surface area contributed by atoms with Crippen LogP contribution in [-0.4, -0.2) is 16.3 Å². The van der Waals surface area contributed by atoms with Crippen LogP contribution in [0.15, 0.2) is 0 Å². The molecule has 0 amide bonds. The van der Waals surface area contributed by atoms with Crippen molar-refractivity contribution in [3.8, 4) is 0 Å². The Morgan fingerprint density at radius 2 is 2.13 bits per heavy atom. The number of aryl methyl sites for hydroxylation is 1. The highest BCUT2D eigenvalue weighted by molar-refractivity contribution is 5.65. The zero-order valence-corrected chi connectivity index (χ0v) is 9.80. The number of rotatable bonds is 2. The van der Waals surface area contributed by atoms with E-state index in [1.807, 2.05) is 11.6 Å². The van der Waals surface area contributed by atoms with Gasteiger partial charge in [-0.05, 0) is 19.8 Å². The maximum Gasteiger partial charge on any atom is 0.148 e. The molecule has 0 spiro atoms. The second-order valence-corrected chi connectivity index (χ2v) is 4.57. The third-order valence-corrected chi connectivity index (χ3v) is 3.79. The molecule has 0 radical (unpaired) electrons. The molecule has 1 aliphatic rings. The zero-order valence-electron chi connectivity index (χ0n) is 9.80. The van der Waals surface area contributed by atoms with Gasteiger partial charge in [0.05, 0.1) is 17.9 Å². The number of nitrogen functional groups attached to an aromatic ring is 1. The highest BCUT2D eigenvalue weighted by atomic mass is 15.4. The fraction of sp³-hybridized carbons (Fsp3) is 0.727. The van der Waals surface area contributed by atoms with Gasteiger partial charge in [-0.15, -0.1) is 0 Å². The minimum absolute atomic E-state index is 0.345. The number of hydrogen-bond donors (Lipinski definition) is 2. The highest BCUT2D eigenvalue weighted by Crippen LogP contribution is 2.36. The molecule has 1 aliphatic heterocycles.